The number of halogens is 1. The van der Waals surface area contributed by atoms with Crippen molar-refractivity contribution >= 4 is 22.9 Å². The first-order valence-electron chi connectivity index (χ1n) is 8.58. The number of thiazole rings is 1. The van der Waals surface area contributed by atoms with Crippen LogP contribution in [0.1, 0.15) is 54.3 Å². The lowest BCUT2D eigenvalue weighted by Crippen LogP contribution is -2.36. The van der Waals surface area contributed by atoms with Gasteiger partial charge >= 0.3 is 0 Å². The molecule has 4 rings (SSSR count). The molecule has 2 fully saturated rings. The summed E-state index contributed by atoms with van der Waals surface area (Å²) in [7, 11) is 2.22. The largest absolute Gasteiger partial charge is 0.306 e. The first-order valence-corrected chi connectivity index (χ1v) is 9.84. The van der Waals surface area contributed by atoms with Gasteiger partial charge in [0.05, 0.1) is 10.7 Å². The van der Waals surface area contributed by atoms with Gasteiger partial charge in [-0.05, 0) is 63.5 Å². The zero-order valence-corrected chi connectivity index (χ0v) is 15.2. The maximum atomic E-state index is 6.07. The third-order valence-electron chi connectivity index (χ3n) is 5.68. The number of aromatic nitrogens is 1. The quantitative estimate of drug-likeness (QED) is 0.770. The van der Waals surface area contributed by atoms with Gasteiger partial charge in [0.25, 0.3) is 0 Å². The molecule has 0 N–H and O–H groups in total. The summed E-state index contributed by atoms with van der Waals surface area (Å²) >= 11 is 7.94. The topological polar surface area (TPSA) is 16.1 Å². The number of rotatable bonds is 3. The second-order valence-electron chi connectivity index (χ2n) is 7.09. The molecule has 0 radical (unpaired) electrons. The fourth-order valence-electron chi connectivity index (χ4n) is 3.94. The average Bonchev–Trinajstić information content (AvgIpc) is 2.99. The van der Waals surface area contributed by atoms with E-state index in [1.54, 1.807) is 0 Å². The standard InChI is InChI=1S/C19H23ClN2S/c1-22-11-7-14(8-12-22)18-21-17(13-23-18)19(9-2-10-19)15-3-5-16(20)6-4-15/h3-6,13-14H,2,7-12H2,1H3. The van der Waals surface area contributed by atoms with Gasteiger partial charge in [-0.3, -0.25) is 0 Å². The van der Waals surface area contributed by atoms with E-state index in [9.17, 15) is 0 Å². The fourth-order valence-corrected chi connectivity index (χ4v) is 5.16. The molecular formula is C19H23ClN2S. The number of likely N-dealkylation sites (tertiary alicyclic amines) is 1. The van der Waals surface area contributed by atoms with Crippen LogP contribution in [0.4, 0.5) is 0 Å². The van der Waals surface area contributed by atoms with Gasteiger partial charge in [0.2, 0.25) is 0 Å². The summed E-state index contributed by atoms with van der Waals surface area (Å²) in [6.45, 7) is 2.39. The number of hydrogen-bond donors (Lipinski definition) is 0. The summed E-state index contributed by atoms with van der Waals surface area (Å²) < 4.78 is 0. The predicted molar refractivity (Wildman–Crippen MR) is 97.7 cm³/mol. The Hall–Kier alpha value is -0.900. The van der Waals surface area contributed by atoms with Gasteiger partial charge in [0.15, 0.2) is 0 Å². The van der Waals surface area contributed by atoms with Crippen LogP contribution < -0.4 is 0 Å². The molecule has 0 bridgehead atoms. The Morgan fingerprint density at radius 1 is 1.17 bits per heavy atom. The molecule has 0 atom stereocenters. The molecule has 2 nitrogen and oxygen atoms in total. The van der Waals surface area contributed by atoms with E-state index in [0.717, 1.165) is 5.02 Å². The van der Waals surface area contributed by atoms with E-state index in [4.69, 9.17) is 16.6 Å². The average molecular weight is 347 g/mol. The number of piperidine rings is 1. The molecule has 1 aromatic carbocycles. The zero-order chi connectivity index (χ0) is 15.9. The van der Waals surface area contributed by atoms with Crippen LogP contribution in [-0.2, 0) is 5.41 Å². The lowest BCUT2D eigenvalue weighted by Gasteiger charge is -2.41. The van der Waals surface area contributed by atoms with Gasteiger partial charge in [0, 0.05) is 21.7 Å². The van der Waals surface area contributed by atoms with Crippen LogP contribution in [0.2, 0.25) is 5.02 Å². The zero-order valence-electron chi connectivity index (χ0n) is 13.6. The predicted octanol–water partition coefficient (Wildman–Crippen LogP) is 5.08. The normalized spacial score (nSPS) is 22.0. The molecule has 1 aliphatic carbocycles. The Kier molecular flexibility index (Phi) is 4.21. The van der Waals surface area contributed by atoms with Crippen molar-refractivity contribution in [3.05, 3.63) is 50.9 Å². The second-order valence-corrected chi connectivity index (χ2v) is 8.42. The van der Waals surface area contributed by atoms with E-state index in [2.05, 4.69) is 29.5 Å². The minimum atomic E-state index is 0.144. The van der Waals surface area contributed by atoms with Crippen molar-refractivity contribution in [1.82, 2.24) is 9.88 Å². The minimum Gasteiger partial charge on any atom is -0.306 e. The van der Waals surface area contributed by atoms with Crippen LogP contribution in [0.15, 0.2) is 29.6 Å². The SMILES string of the molecule is CN1CCC(c2nc(C3(c4ccc(Cl)cc4)CCC3)cs2)CC1. The molecule has 122 valence electrons. The summed E-state index contributed by atoms with van der Waals surface area (Å²) in [5.41, 5.74) is 2.82. The fraction of sp³-hybridized carbons (Fsp3) is 0.526. The van der Waals surface area contributed by atoms with Gasteiger partial charge < -0.3 is 4.90 Å². The van der Waals surface area contributed by atoms with Crippen molar-refractivity contribution in [2.75, 3.05) is 20.1 Å². The summed E-state index contributed by atoms with van der Waals surface area (Å²) in [6.07, 6.45) is 6.22. The van der Waals surface area contributed by atoms with E-state index in [1.807, 2.05) is 23.5 Å². The van der Waals surface area contributed by atoms with Crippen molar-refractivity contribution in [3.63, 3.8) is 0 Å². The molecule has 1 saturated heterocycles. The molecule has 0 unspecified atom stereocenters. The molecule has 2 aromatic rings. The van der Waals surface area contributed by atoms with Crippen LogP contribution in [-0.4, -0.2) is 30.0 Å². The first kappa shape index (κ1) is 15.6. The van der Waals surface area contributed by atoms with Crippen molar-refractivity contribution in [2.24, 2.45) is 0 Å². The first-order chi connectivity index (χ1) is 11.2. The van der Waals surface area contributed by atoms with Crippen LogP contribution in [0.5, 0.6) is 0 Å². The minimum absolute atomic E-state index is 0.144. The molecule has 1 aromatic heterocycles. The summed E-state index contributed by atoms with van der Waals surface area (Å²) in [4.78, 5) is 7.54. The lowest BCUT2D eigenvalue weighted by molar-refractivity contribution is 0.254. The summed E-state index contributed by atoms with van der Waals surface area (Å²) in [6, 6.07) is 8.41. The maximum absolute atomic E-state index is 6.07. The second kappa shape index (κ2) is 6.19. The van der Waals surface area contributed by atoms with E-state index in [-0.39, 0.29) is 5.41 Å². The highest BCUT2D eigenvalue weighted by atomic mass is 35.5. The highest BCUT2D eigenvalue weighted by Crippen LogP contribution is 2.49. The maximum Gasteiger partial charge on any atom is 0.0960 e. The number of nitrogens with zero attached hydrogens (tertiary/aromatic N) is 2. The summed E-state index contributed by atoms with van der Waals surface area (Å²) in [5.74, 6) is 0.660. The Labute approximate surface area is 147 Å². The Balaban J connectivity index is 1.60. The lowest BCUT2D eigenvalue weighted by atomic mass is 9.63. The van der Waals surface area contributed by atoms with Gasteiger partial charge in [-0.1, -0.05) is 30.2 Å². The molecule has 4 heteroatoms. The highest BCUT2D eigenvalue weighted by molar-refractivity contribution is 7.09. The molecule has 23 heavy (non-hydrogen) atoms. The smallest absolute Gasteiger partial charge is 0.0960 e. The van der Waals surface area contributed by atoms with Gasteiger partial charge in [0.1, 0.15) is 0 Å². The molecule has 1 saturated carbocycles. The summed E-state index contributed by atoms with van der Waals surface area (Å²) in [5, 5.41) is 4.49. The Morgan fingerprint density at radius 2 is 1.87 bits per heavy atom. The monoisotopic (exact) mass is 346 g/mol. The molecule has 0 amide bonds. The van der Waals surface area contributed by atoms with Gasteiger partial charge in [-0.25, -0.2) is 4.98 Å². The highest BCUT2D eigenvalue weighted by Gasteiger charge is 2.42. The molecular weight excluding hydrogens is 324 g/mol. The molecule has 0 spiro atoms. The Bertz CT molecular complexity index is 667. The van der Waals surface area contributed by atoms with Crippen LogP contribution in [0.3, 0.4) is 0 Å². The molecule has 2 heterocycles. The van der Waals surface area contributed by atoms with E-state index >= 15 is 0 Å². The van der Waals surface area contributed by atoms with Crippen molar-refractivity contribution < 1.29 is 0 Å². The Morgan fingerprint density at radius 3 is 2.48 bits per heavy atom. The van der Waals surface area contributed by atoms with Crippen molar-refractivity contribution in [2.45, 2.75) is 43.4 Å². The van der Waals surface area contributed by atoms with Crippen LogP contribution in [0, 0.1) is 0 Å². The van der Waals surface area contributed by atoms with Gasteiger partial charge in [-0.2, -0.15) is 0 Å². The third-order valence-corrected chi connectivity index (χ3v) is 6.94. The molecule has 1 aliphatic heterocycles. The van der Waals surface area contributed by atoms with Gasteiger partial charge in [-0.15, -0.1) is 11.3 Å². The van der Waals surface area contributed by atoms with Crippen LogP contribution >= 0.6 is 22.9 Å². The third kappa shape index (κ3) is 2.84. The van der Waals surface area contributed by atoms with E-state index in [0.29, 0.717) is 5.92 Å². The number of hydrogen-bond acceptors (Lipinski definition) is 3. The van der Waals surface area contributed by atoms with E-state index < -0.39 is 0 Å². The van der Waals surface area contributed by atoms with Crippen molar-refractivity contribution in [1.29, 1.82) is 0 Å². The van der Waals surface area contributed by atoms with Crippen LogP contribution in [0.25, 0.3) is 0 Å². The van der Waals surface area contributed by atoms with Crippen molar-refractivity contribution in [3.8, 4) is 0 Å². The molecule has 2 aliphatic rings. The number of benzene rings is 1. The van der Waals surface area contributed by atoms with E-state index in [1.165, 1.54) is 61.5 Å².